The maximum absolute atomic E-state index is 15.0. The molecule has 40 heavy (non-hydrogen) atoms. The summed E-state index contributed by atoms with van der Waals surface area (Å²) in [6.45, 7) is 6.10. The molecular weight excluding hydrogens is 582 g/mol. The highest BCUT2D eigenvalue weighted by Gasteiger charge is 2.29. The van der Waals surface area contributed by atoms with E-state index in [-0.39, 0.29) is 33.6 Å². The number of hydrogen-bond donors (Lipinski definition) is 1. The third kappa shape index (κ3) is 8.26. The Morgan fingerprint density at radius 2 is 1.95 bits per heavy atom. The number of rotatable bonds is 9. The van der Waals surface area contributed by atoms with Crippen LogP contribution in [0.4, 0.5) is 9.18 Å². The molecule has 0 atom stereocenters. The van der Waals surface area contributed by atoms with Crippen LogP contribution in [0.1, 0.15) is 31.9 Å². The first kappa shape index (κ1) is 31.5. The SMILES string of the molecule is CN(Cc1ccc(C2=NCCN2C(=O)OC(C)(C)C)cc1F)C(=O)/C=C/CNCS(=O)(=O)c1cccc(Cl)c1Cl. The molecular formula is C27H31Cl2FN4O5S. The van der Waals surface area contributed by atoms with E-state index in [2.05, 4.69) is 10.3 Å². The Bertz CT molecular complexity index is 1440. The lowest BCUT2D eigenvalue weighted by Crippen LogP contribution is -2.39. The molecule has 13 heteroatoms. The molecule has 2 amide bonds. The van der Waals surface area contributed by atoms with Crippen molar-refractivity contribution in [1.29, 1.82) is 0 Å². The number of amides is 2. The zero-order valence-corrected chi connectivity index (χ0v) is 24.9. The second-order valence-corrected chi connectivity index (χ2v) is 12.7. The summed E-state index contributed by atoms with van der Waals surface area (Å²) in [4.78, 5) is 32.0. The fraction of sp³-hybridized carbons (Fsp3) is 0.370. The summed E-state index contributed by atoms with van der Waals surface area (Å²) >= 11 is 11.9. The fourth-order valence-electron chi connectivity index (χ4n) is 3.70. The second kappa shape index (κ2) is 13.1. The van der Waals surface area contributed by atoms with Gasteiger partial charge in [-0.3, -0.25) is 20.0 Å². The molecule has 1 heterocycles. The molecule has 0 saturated heterocycles. The van der Waals surface area contributed by atoms with Gasteiger partial charge in [-0.15, -0.1) is 0 Å². The topological polar surface area (TPSA) is 108 Å². The zero-order valence-electron chi connectivity index (χ0n) is 22.6. The van der Waals surface area contributed by atoms with Crippen molar-refractivity contribution in [2.45, 2.75) is 37.8 Å². The summed E-state index contributed by atoms with van der Waals surface area (Å²) in [6, 6.07) is 8.81. The molecule has 9 nitrogen and oxygen atoms in total. The van der Waals surface area contributed by atoms with Crippen molar-refractivity contribution in [2.24, 2.45) is 4.99 Å². The van der Waals surface area contributed by atoms with Gasteiger partial charge in [0.25, 0.3) is 0 Å². The van der Waals surface area contributed by atoms with Crippen LogP contribution in [0.25, 0.3) is 0 Å². The first-order valence-electron chi connectivity index (χ1n) is 12.3. The maximum atomic E-state index is 15.0. The Hall–Kier alpha value is -2.99. The highest BCUT2D eigenvalue weighted by molar-refractivity contribution is 7.91. The van der Waals surface area contributed by atoms with Gasteiger partial charge in [0.1, 0.15) is 23.1 Å². The number of amidine groups is 1. The first-order valence-corrected chi connectivity index (χ1v) is 14.7. The summed E-state index contributed by atoms with van der Waals surface area (Å²) in [5, 5.41) is 2.82. The van der Waals surface area contributed by atoms with Gasteiger partial charge in [0.2, 0.25) is 5.91 Å². The monoisotopic (exact) mass is 612 g/mol. The van der Waals surface area contributed by atoms with Gasteiger partial charge in [-0.05, 0) is 39.0 Å². The van der Waals surface area contributed by atoms with Crippen molar-refractivity contribution in [3.63, 3.8) is 0 Å². The molecule has 0 aromatic heterocycles. The summed E-state index contributed by atoms with van der Waals surface area (Å²) in [5.74, 6) is -1.02. The average Bonchev–Trinajstić information content (AvgIpc) is 3.35. The summed E-state index contributed by atoms with van der Waals surface area (Å²) < 4.78 is 45.3. The molecule has 2 aromatic rings. The fourth-order valence-corrected chi connectivity index (χ4v) is 5.62. The van der Waals surface area contributed by atoms with E-state index in [1.54, 1.807) is 32.9 Å². The summed E-state index contributed by atoms with van der Waals surface area (Å²) in [7, 11) is -2.22. The van der Waals surface area contributed by atoms with Gasteiger partial charge < -0.3 is 9.64 Å². The number of likely N-dealkylation sites (N-methyl/N-ethyl adjacent to an activating group) is 1. The predicted molar refractivity (Wildman–Crippen MR) is 153 cm³/mol. The van der Waals surface area contributed by atoms with Crippen molar-refractivity contribution in [2.75, 3.05) is 32.6 Å². The van der Waals surface area contributed by atoms with Crippen molar-refractivity contribution in [3.05, 3.63) is 75.5 Å². The van der Waals surface area contributed by atoms with Gasteiger partial charge in [0, 0.05) is 37.3 Å². The molecule has 2 aromatic carbocycles. The number of carbonyl (C=O) groups excluding carboxylic acids is 2. The van der Waals surface area contributed by atoms with E-state index in [4.69, 9.17) is 27.9 Å². The summed E-state index contributed by atoms with van der Waals surface area (Å²) in [5.41, 5.74) is 0.0291. The van der Waals surface area contributed by atoms with Crippen LogP contribution >= 0.6 is 23.2 Å². The third-order valence-electron chi connectivity index (χ3n) is 5.62. The quantitative estimate of drug-likeness (QED) is 0.326. The van der Waals surface area contributed by atoms with E-state index in [1.165, 1.54) is 53.3 Å². The Balaban J connectivity index is 1.54. The number of sulfone groups is 1. The van der Waals surface area contributed by atoms with Gasteiger partial charge in [0.15, 0.2) is 9.84 Å². The van der Waals surface area contributed by atoms with Crippen LogP contribution < -0.4 is 5.32 Å². The van der Waals surface area contributed by atoms with Crippen LogP contribution in [0.15, 0.2) is 58.4 Å². The lowest BCUT2D eigenvalue weighted by atomic mass is 10.1. The Morgan fingerprint density at radius 3 is 2.62 bits per heavy atom. The van der Waals surface area contributed by atoms with Gasteiger partial charge in [-0.1, -0.05) is 47.5 Å². The maximum Gasteiger partial charge on any atom is 0.416 e. The van der Waals surface area contributed by atoms with Gasteiger partial charge in [0.05, 0.1) is 28.0 Å². The number of ether oxygens (including phenoxy) is 1. The van der Waals surface area contributed by atoms with Crippen LogP contribution in [-0.4, -0.2) is 74.2 Å². The normalized spacial score (nSPS) is 14.0. The molecule has 0 bridgehead atoms. The predicted octanol–water partition coefficient (Wildman–Crippen LogP) is 4.67. The number of hydrogen-bond acceptors (Lipinski definition) is 7. The van der Waals surface area contributed by atoms with Crippen molar-refractivity contribution in [3.8, 4) is 0 Å². The zero-order chi connectivity index (χ0) is 29.7. The number of nitrogens with one attached hydrogen (secondary N) is 1. The van der Waals surface area contributed by atoms with Crippen molar-refractivity contribution >= 4 is 50.9 Å². The average molecular weight is 614 g/mol. The molecule has 0 unspecified atom stereocenters. The van der Waals surface area contributed by atoms with Gasteiger partial charge in [-0.25, -0.2) is 17.6 Å². The smallest absolute Gasteiger partial charge is 0.416 e. The van der Waals surface area contributed by atoms with Gasteiger partial charge >= 0.3 is 6.09 Å². The van der Waals surface area contributed by atoms with E-state index in [0.29, 0.717) is 24.5 Å². The standard InChI is InChI=1S/C27H31Cl2FN4O5S/c1-27(2,3)39-26(36)34-14-13-32-25(34)18-10-11-19(21(30)15-18)16-33(4)23(35)9-6-12-31-17-40(37,38)22-8-5-7-20(28)24(22)29/h5-11,15,31H,12-14,16-17H2,1-4H3/b9-6+. The highest BCUT2D eigenvalue weighted by atomic mass is 35.5. The van der Waals surface area contributed by atoms with Crippen molar-refractivity contribution < 1.29 is 27.1 Å². The second-order valence-electron chi connectivity index (χ2n) is 10.0. The van der Waals surface area contributed by atoms with E-state index in [9.17, 15) is 22.4 Å². The molecule has 3 rings (SSSR count). The van der Waals surface area contributed by atoms with Crippen molar-refractivity contribution in [1.82, 2.24) is 15.1 Å². The largest absolute Gasteiger partial charge is 0.443 e. The molecule has 0 spiro atoms. The molecule has 216 valence electrons. The van der Waals surface area contributed by atoms with E-state index in [1.807, 2.05) is 0 Å². The van der Waals surface area contributed by atoms with E-state index >= 15 is 0 Å². The number of benzene rings is 2. The lowest BCUT2D eigenvalue weighted by molar-refractivity contribution is -0.125. The minimum atomic E-state index is -3.74. The lowest BCUT2D eigenvalue weighted by Gasteiger charge is -2.25. The first-order chi connectivity index (χ1) is 18.7. The number of nitrogens with zero attached hydrogens (tertiary/aromatic N) is 3. The van der Waals surface area contributed by atoms with Crippen LogP contribution in [-0.2, 0) is 25.9 Å². The molecule has 1 aliphatic rings. The summed E-state index contributed by atoms with van der Waals surface area (Å²) in [6.07, 6.45) is 2.19. The molecule has 1 N–H and O–H groups in total. The van der Waals surface area contributed by atoms with E-state index < -0.39 is 39.1 Å². The van der Waals surface area contributed by atoms with Crippen LogP contribution in [0.5, 0.6) is 0 Å². The number of aliphatic imine (C=N–C) groups is 1. The minimum absolute atomic E-state index is 0.00733. The Kier molecular flexibility index (Phi) is 10.3. The Labute approximate surface area is 243 Å². The van der Waals surface area contributed by atoms with Gasteiger partial charge in [-0.2, -0.15) is 0 Å². The van der Waals surface area contributed by atoms with Crippen LogP contribution in [0, 0.1) is 5.82 Å². The highest BCUT2D eigenvalue weighted by Crippen LogP contribution is 2.29. The Morgan fingerprint density at radius 1 is 1.23 bits per heavy atom. The van der Waals surface area contributed by atoms with E-state index in [0.717, 1.165) is 0 Å². The van der Waals surface area contributed by atoms with Crippen LogP contribution in [0.3, 0.4) is 0 Å². The number of carbonyl (C=O) groups is 2. The minimum Gasteiger partial charge on any atom is -0.443 e. The van der Waals surface area contributed by atoms with Crippen LogP contribution in [0.2, 0.25) is 10.0 Å². The molecule has 0 saturated carbocycles. The molecule has 0 radical (unpaired) electrons. The molecule has 0 fully saturated rings. The molecule has 1 aliphatic heterocycles. The molecule has 0 aliphatic carbocycles. The number of halogens is 3. The third-order valence-corrected chi connectivity index (χ3v) is 8.14.